The lowest BCUT2D eigenvalue weighted by molar-refractivity contribution is -0.174. The molecule has 0 aliphatic rings. The van der Waals surface area contributed by atoms with Gasteiger partial charge in [0.2, 0.25) is 5.78 Å². The third-order valence-corrected chi connectivity index (χ3v) is 4.21. The monoisotopic (exact) mass is 385 g/mol. The van der Waals surface area contributed by atoms with Gasteiger partial charge < -0.3 is 10.1 Å². The van der Waals surface area contributed by atoms with Gasteiger partial charge in [0.05, 0.1) is 17.3 Å². The maximum absolute atomic E-state index is 12.5. The molecule has 2 aromatic rings. The molecular weight excluding hydrogens is 371 g/mol. The number of hydrogen-bond acceptors (Lipinski definition) is 5. The second-order valence-electron chi connectivity index (χ2n) is 5.20. The first-order valence-electron chi connectivity index (χ1n) is 7.42. The molecule has 138 valence electrons. The molecule has 0 aliphatic heterocycles. The van der Waals surface area contributed by atoms with Crippen molar-refractivity contribution in [2.24, 2.45) is 0 Å². The minimum absolute atomic E-state index is 0.312. The average Bonchev–Trinajstić information content (AvgIpc) is 3.13. The summed E-state index contributed by atoms with van der Waals surface area (Å²) in [6, 6.07) is 9.73. The normalized spacial score (nSPS) is 12.3. The molecule has 0 bridgehead atoms. The molecule has 0 spiro atoms. The third kappa shape index (κ3) is 5.69. The number of esters is 1. The largest absolute Gasteiger partial charge is 0.471 e. The summed E-state index contributed by atoms with van der Waals surface area (Å²) < 4.78 is 42.3. The predicted molar refractivity (Wildman–Crippen MR) is 87.6 cm³/mol. The Balaban J connectivity index is 2.00. The van der Waals surface area contributed by atoms with Crippen LogP contribution in [0, 0.1) is 0 Å². The highest BCUT2D eigenvalue weighted by Gasteiger charge is 2.40. The number of alkyl halides is 3. The zero-order valence-electron chi connectivity index (χ0n) is 13.3. The summed E-state index contributed by atoms with van der Waals surface area (Å²) in [5.41, 5.74) is 0.312. The third-order valence-electron chi connectivity index (χ3n) is 3.30. The molecule has 1 aromatic carbocycles. The van der Waals surface area contributed by atoms with E-state index in [1.54, 1.807) is 41.0 Å². The van der Waals surface area contributed by atoms with Crippen LogP contribution < -0.4 is 5.32 Å². The van der Waals surface area contributed by atoms with Crippen molar-refractivity contribution in [2.45, 2.75) is 18.6 Å². The Morgan fingerprint density at radius 2 is 1.77 bits per heavy atom. The number of nitrogens with one attached hydrogen (secondary N) is 1. The zero-order chi connectivity index (χ0) is 19.2. The summed E-state index contributed by atoms with van der Waals surface area (Å²) in [6.45, 7) is -0.520. The first-order chi connectivity index (χ1) is 12.3. The van der Waals surface area contributed by atoms with Crippen molar-refractivity contribution < 1.29 is 32.3 Å². The number of carbonyl (C=O) groups excluding carboxylic acids is 3. The smallest absolute Gasteiger partial charge is 0.457 e. The van der Waals surface area contributed by atoms with Gasteiger partial charge in [0.25, 0.3) is 0 Å². The molecule has 0 radical (unpaired) electrons. The Kier molecular flexibility index (Phi) is 6.51. The molecule has 1 unspecified atom stereocenters. The number of amides is 1. The van der Waals surface area contributed by atoms with Gasteiger partial charge in [-0.1, -0.05) is 36.4 Å². The van der Waals surface area contributed by atoms with Crippen LogP contribution >= 0.6 is 11.3 Å². The Bertz CT molecular complexity index is 760. The lowest BCUT2D eigenvalue weighted by Crippen LogP contribution is -2.40. The molecular formula is C17H14F3NO4S. The highest BCUT2D eigenvalue weighted by molar-refractivity contribution is 7.12. The van der Waals surface area contributed by atoms with Crippen molar-refractivity contribution >= 4 is 29.0 Å². The van der Waals surface area contributed by atoms with E-state index < -0.39 is 42.9 Å². The molecule has 1 atom stereocenters. The SMILES string of the molecule is O=C(CC(NC(=O)C(F)(F)F)c1ccccc1)OCC(=O)c1cccs1. The van der Waals surface area contributed by atoms with Crippen LogP contribution in [0.4, 0.5) is 13.2 Å². The number of benzene rings is 1. The number of thiophene rings is 1. The molecule has 0 aliphatic carbocycles. The number of hydrogen-bond donors (Lipinski definition) is 1. The Morgan fingerprint density at radius 3 is 2.35 bits per heavy atom. The molecule has 1 heterocycles. The summed E-state index contributed by atoms with van der Waals surface area (Å²) in [5, 5.41) is 3.46. The van der Waals surface area contributed by atoms with E-state index in [4.69, 9.17) is 4.74 Å². The second-order valence-corrected chi connectivity index (χ2v) is 6.15. The van der Waals surface area contributed by atoms with Crippen LogP contribution in [0.2, 0.25) is 0 Å². The molecule has 0 saturated carbocycles. The highest BCUT2D eigenvalue weighted by atomic mass is 32.1. The first-order valence-corrected chi connectivity index (χ1v) is 8.30. The van der Waals surface area contributed by atoms with Crippen LogP contribution in [0.25, 0.3) is 0 Å². The van der Waals surface area contributed by atoms with Gasteiger partial charge in [0.15, 0.2) is 6.61 Å². The van der Waals surface area contributed by atoms with Crippen molar-refractivity contribution in [1.29, 1.82) is 0 Å². The van der Waals surface area contributed by atoms with Crippen molar-refractivity contribution in [1.82, 2.24) is 5.32 Å². The van der Waals surface area contributed by atoms with E-state index in [0.29, 0.717) is 10.4 Å². The summed E-state index contributed by atoms with van der Waals surface area (Å²) >= 11 is 1.18. The van der Waals surface area contributed by atoms with Gasteiger partial charge in [-0.2, -0.15) is 13.2 Å². The fraction of sp³-hybridized carbons (Fsp3) is 0.235. The molecule has 1 N–H and O–H groups in total. The number of rotatable bonds is 7. The maximum Gasteiger partial charge on any atom is 0.471 e. The van der Waals surface area contributed by atoms with E-state index in [-0.39, 0.29) is 0 Å². The maximum atomic E-state index is 12.5. The van der Waals surface area contributed by atoms with Crippen molar-refractivity contribution in [3.05, 3.63) is 58.3 Å². The molecule has 2 rings (SSSR count). The van der Waals surface area contributed by atoms with Gasteiger partial charge in [0, 0.05) is 0 Å². The van der Waals surface area contributed by atoms with Gasteiger partial charge in [-0.15, -0.1) is 11.3 Å². The predicted octanol–water partition coefficient (Wildman–Crippen LogP) is 3.28. The van der Waals surface area contributed by atoms with E-state index in [2.05, 4.69) is 0 Å². The molecule has 26 heavy (non-hydrogen) atoms. The fourth-order valence-corrected chi connectivity index (χ4v) is 2.71. The minimum Gasteiger partial charge on any atom is -0.457 e. The molecule has 0 fully saturated rings. The van der Waals surface area contributed by atoms with Crippen molar-refractivity contribution in [3.8, 4) is 0 Å². The number of ketones is 1. The molecule has 5 nitrogen and oxygen atoms in total. The number of ether oxygens (including phenoxy) is 1. The van der Waals surface area contributed by atoms with Crippen molar-refractivity contribution in [2.75, 3.05) is 6.61 Å². The van der Waals surface area contributed by atoms with Crippen LogP contribution in [-0.4, -0.2) is 30.4 Å². The Labute approximate surface area is 150 Å². The van der Waals surface area contributed by atoms with Crippen LogP contribution in [0.3, 0.4) is 0 Å². The summed E-state index contributed by atoms with van der Waals surface area (Å²) in [5.74, 6) is -3.47. The van der Waals surface area contributed by atoms with Gasteiger partial charge in [-0.3, -0.25) is 14.4 Å². The van der Waals surface area contributed by atoms with Crippen LogP contribution in [0.15, 0.2) is 47.8 Å². The molecule has 1 amide bonds. The Morgan fingerprint density at radius 1 is 1.08 bits per heavy atom. The quantitative estimate of drug-likeness (QED) is 0.586. The number of carbonyl (C=O) groups is 3. The minimum atomic E-state index is -5.08. The topological polar surface area (TPSA) is 72.5 Å². The number of halogens is 3. The van der Waals surface area contributed by atoms with Crippen LogP contribution in [0.5, 0.6) is 0 Å². The summed E-state index contributed by atoms with van der Waals surface area (Å²) in [6.07, 6.45) is -5.62. The average molecular weight is 385 g/mol. The lowest BCUT2D eigenvalue weighted by Gasteiger charge is -2.19. The van der Waals surface area contributed by atoms with E-state index >= 15 is 0 Å². The zero-order valence-corrected chi connectivity index (χ0v) is 14.1. The Hall–Kier alpha value is -2.68. The summed E-state index contributed by atoms with van der Waals surface area (Å²) in [4.78, 5) is 35.3. The van der Waals surface area contributed by atoms with E-state index in [9.17, 15) is 27.6 Å². The van der Waals surface area contributed by atoms with Crippen molar-refractivity contribution in [3.63, 3.8) is 0 Å². The second kappa shape index (κ2) is 8.61. The standard InChI is InChI=1S/C17H14F3NO4S/c18-17(19,20)16(24)21-12(11-5-2-1-3-6-11)9-15(23)25-10-13(22)14-7-4-8-26-14/h1-8,12H,9-10H2,(H,21,24). The number of Topliss-reactive ketones (excluding diaryl/α,β-unsaturated/α-hetero) is 1. The van der Waals surface area contributed by atoms with Crippen LogP contribution in [-0.2, 0) is 14.3 Å². The lowest BCUT2D eigenvalue weighted by atomic mass is 10.0. The van der Waals surface area contributed by atoms with E-state index in [1.807, 2.05) is 0 Å². The highest BCUT2D eigenvalue weighted by Crippen LogP contribution is 2.21. The van der Waals surface area contributed by atoms with E-state index in [0.717, 1.165) is 0 Å². The van der Waals surface area contributed by atoms with Gasteiger partial charge in [0.1, 0.15) is 0 Å². The first kappa shape index (κ1) is 19.6. The van der Waals surface area contributed by atoms with Gasteiger partial charge >= 0.3 is 18.1 Å². The van der Waals surface area contributed by atoms with Crippen LogP contribution in [0.1, 0.15) is 27.7 Å². The van der Waals surface area contributed by atoms with E-state index in [1.165, 1.54) is 23.5 Å². The molecule has 9 heteroatoms. The summed E-state index contributed by atoms with van der Waals surface area (Å²) in [7, 11) is 0. The molecule has 0 saturated heterocycles. The fourth-order valence-electron chi connectivity index (χ4n) is 2.06. The van der Waals surface area contributed by atoms with Gasteiger partial charge in [-0.25, -0.2) is 0 Å². The van der Waals surface area contributed by atoms with Gasteiger partial charge in [-0.05, 0) is 17.0 Å². The molecule has 1 aromatic heterocycles.